The van der Waals surface area contributed by atoms with Crippen LogP contribution >= 0.6 is 0 Å². The van der Waals surface area contributed by atoms with Crippen molar-refractivity contribution in [2.24, 2.45) is 16.7 Å². The fourth-order valence-corrected chi connectivity index (χ4v) is 4.95. The van der Waals surface area contributed by atoms with Gasteiger partial charge in [-0.25, -0.2) is 9.97 Å². The Kier molecular flexibility index (Phi) is 8.62. The standard InChI is InChI=1S/C22H34N6.C2H6/c1-5-16(3)22-10-7-21(8-11-22,9-12-22)14-25-17(4)19-20(24-6-2)18(13-28-23)26-15-27-19;1-2/h6,15,24-25,28H,2-5,7-14,23H2,1H3;1-2H3. The van der Waals surface area contributed by atoms with Crippen LogP contribution in [0.2, 0.25) is 0 Å². The van der Waals surface area contributed by atoms with Crippen molar-refractivity contribution in [1.29, 1.82) is 0 Å². The molecule has 0 radical (unpaired) electrons. The molecule has 0 atom stereocenters. The maximum Gasteiger partial charge on any atom is 0.116 e. The second-order valence-electron chi connectivity index (χ2n) is 8.34. The lowest BCUT2D eigenvalue weighted by Crippen LogP contribution is -2.46. The molecule has 0 aliphatic heterocycles. The predicted molar refractivity (Wildman–Crippen MR) is 127 cm³/mol. The fourth-order valence-electron chi connectivity index (χ4n) is 4.95. The van der Waals surface area contributed by atoms with Crippen LogP contribution in [0.25, 0.3) is 5.70 Å². The molecule has 0 saturated heterocycles. The molecule has 3 aliphatic carbocycles. The van der Waals surface area contributed by atoms with E-state index < -0.39 is 0 Å². The fraction of sp³-hybridized carbons (Fsp3) is 0.583. The van der Waals surface area contributed by atoms with Gasteiger partial charge in [-0.3, -0.25) is 11.3 Å². The van der Waals surface area contributed by atoms with Crippen LogP contribution in [0.4, 0.5) is 5.69 Å². The number of aromatic nitrogens is 2. The van der Waals surface area contributed by atoms with E-state index in [-0.39, 0.29) is 0 Å². The van der Waals surface area contributed by atoms with Crippen molar-refractivity contribution in [3.8, 4) is 0 Å². The summed E-state index contributed by atoms with van der Waals surface area (Å²) in [6, 6.07) is 0. The van der Waals surface area contributed by atoms with E-state index >= 15 is 0 Å². The second-order valence-corrected chi connectivity index (χ2v) is 8.34. The first-order valence-electron chi connectivity index (χ1n) is 11.3. The van der Waals surface area contributed by atoms with Crippen LogP contribution in [0.15, 0.2) is 37.8 Å². The van der Waals surface area contributed by atoms with Gasteiger partial charge in [0.2, 0.25) is 0 Å². The molecule has 4 rings (SSSR count). The van der Waals surface area contributed by atoms with Crippen molar-refractivity contribution >= 4 is 11.4 Å². The molecular weight excluding hydrogens is 372 g/mol. The van der Waals surface area contributed by atoms with Crippen LogP contribution in [-0.2, 0) is 6.54 Å². The summed E-state index contributed by atoms with van der Waals surface area (Å²) in [5.74, 6) is 5.48. The topological polar surface area (TPSA) is 87.9 Å². The molecule has 1 aromatic rings. The van der Waals surface area contributed by atoms with Gasteiger partial charge in [0.05, 0.1) is 23.6 Å². The number of nitrogens with two attached hydrogens (primary N) is 1. The van der Waals surface area contributed by atoms with Crippen molar-refractivity contribution in [3.05, 3.63) is 49.2 Å². The Morgan fingerprint density at radius 3 is 2.30 bits per heavy atom. The van der Waals surface area contributed by atoms with Crippen molar-refractivity contribution < 1.29 is 0 Å². The van der Waals surface area contributed by atoms with E-state index in [1.807, 2.05) is 13.8 Å². The molecule has 3 fully saturated rings. The number of nitrogens with one attached hydrogen (secondary N) is 3. The Bertz CT molecular complexity index is 730. The van der Waals surface area contributed by atoms with Crippen LogP contribution in [0, 0.1) is 10.8 Å². The number of hydrazine groups is 1. The molecule has 0 aromatic carbocycles. The lowest BCUT2D eigenvalue weighted by Gasteiger charge is -2.54. The number of rotatable bonds is 10. The Labute approximate surface area is 182 Å². The number of anilines is 1. The Morgan fingerprint density at radius 2 is 1.77 bits per heavy atom. The summed E-state index contributed by atoms with van der Waals surface area (Å²) >= 11 is 0. The van der Waals surface area contributed by atoms with Gasteiger partial charge in [0.25, 0.3) is 0 Å². The quantitative estimate of drug-likeness (QED) is 0.249. The number of nitrogens with zero attached hydrogens (tertiary/aromatic N) is 2. The van der Waals surface area contributed by atoms with Gasteiger partial charge in [0.1, 0.15) is 12.0 Å². The third kappa shape index (κ3) is 4.93. The van der Waals surface area contributed by atoms with Gasteiger partial charge >= 0.3 is 0 Å². The monoisotopic (exact) mass is 412 g/mol. The molecule has 2 bridgehead atoms. The molecule has 1 aromatic heterocycles. The number of hydrogen-bond acceptors (Lipinski definition) is 6. The smallest absolute Gasteiger partial charge is 0.116 e. The molecule has 3 saturated carbocycles. The lowest BCUT2D eigenvalue weighted by atomic mass is 9.51. The molecule has 1 heterocycles. The molecule has 3 aliphatic rings. The maximum atomic E-state index is 5.48. The minimum atomic E-state index is 0.361. The van der Waals surface area contributed by atoms with E-state index in [1.54, 1.807) is 12.5 Å². The zero-order valence-electron chi connectivity index (χ0n) is 19.1. The van der Waals surface area contributed by atoms with E-state index in [1.165, 1.54) is 44.1 Å². The van der Waals surface area contributed by atoms with E-state index in [9.17, 15) is 0 Å². The van der Waals surface area contributed by atoms with E-state index in [0.29, 0.717) is 17.4 Å². The average Bonchev–Trinajstić information content (AvgIpc) is 2.81. The minimum absolute atomic E-state index is 0.361. The molecule has 5 N–H and O–H groups in total. The third-order valence-electron chi connectivity index (χ3n) is 6.98. The maximum absolute atomic E-state index is 5.48. The van der Waals surface area contributed by atoms with Gasteiger partial charge < -0.3 is 10.6 Å². The van der Waals surface area contributed by atoms with E-state index in [0.717, 1.165) is 35.7 Å². The van der Waals surface area contributed by atoms with Crippen LogP contribution in [0.3, 0.4) is 0 Å². The molecule has 0 spiro atoms. The van der Waals surface area contributed by atoms with Crippen LogP contribution < -0.4 is 21.9 Å². The van der Waals surface area contributed by atoms with Crippen molar-refractivity contribution in [1.82, 2.24) is 20.7 Å². The first kappa shape index (κ1) is 24.1. The Hall–Kier alpha value is -2.18. The molecule has 0 amide bonds. The van der Waals surface area contributed by atoms with Gasteiger partial charge in [-0.1, -0.05) is 46.1 Å². The Balaban J connectivity index is 0.00000155. The minimum Gasteiger partial charge on any atom is -0.383 e. The van der Waals surface area contributed by atoms with Crippen LogP contribution in [-0.4, -0.2) is 16.5 Å². The number of allylic oxidation sites excluding steroid dienone is 1. The van der Waals surface area contributed by atoms with Crippen molar-refractivity contribution in [3.63, 3.8) is 0 Å². The molecule has 30 heavy (non-hydrogen) atoms. The summed E-state index contributed by atoms with van der Waals surface area (Å²) in [7, 11) is 0. The number of fused-ring (bicyclic) bond motifs is 3. The summed E-state index contributed by atoms with van der Waals surface area (Å²) in [5, 5.41) is 6.71. The summed E-state index contributed by atoms with van der Waals surface area (Å²) in [6.07, 6.45) is 11.9. The van der Waals surface area contributed by atoms with Crippen LogP contribution in [0.1, 0.15) is 77.1 Å². The van der Waals surface area contributed by atoms with Gasteiger partial charge in [-0.15, -0.1) is 0 Å². The molecule has 0 unspecified atom stereocenters. The summed E-state index contributed by atoms with van der Waals surface area (Å²) in [6.45, 7) is 20.0. The molecular formula is C24H40N6. The van der Waals surface area contributed by atoms with E-state index in [4.69, 9.17) is 5.84 Å². The zero-order chi connectivity index (χ0) is 22.2. The molecule has 166 valence electrons. The highest BCUT2D eigenvalue weighted by Crippen LogP contribution is 2.59. The highest BCUT2D eigenvalue weighted by molar-refractivity contribution is 5.73. The summed E-state index contributed by atoms with van der Waals surface area (Å²) in [4.78, 5) is 8.75. The highest BCUT2D eigenvalue weighted by Gasteiger charge is 2.49. The van der Waals surface area contributed by atoms with Crippen molar-refractivity contribution in [2.45, 2.75) is 72.3 Å². The zero-order valence-corrected chi connectivity index (χ0v) is 19.1. The largest absolute Gasteiger partial charge is 0.383 e. The lowest BCUT2D eigenvalue weighted by molar-refractivity contribution is 0.0163. The van der Waals surface area contributed by atoms with Crippen molar-refractivity contribution in [2.75, 3.05) is 11.9 Å². The first-order valence-corrected chi connectivity index (χ1v) is 11.3. The number of hydrogen-bond donors (Lipinski definition) is 4. The normalized spacial score (nSPS) is 24.4. The molecule has 6 heteroatoms. The first-order chi connectivity index (χ1) is 14.5. The van der Waals surface area contributed by atoms with Crippen LogP contribution in [0.5, 0.6) is 0 Å². The predicted octanol–water partition coefficient (Wildman–Crippen LogP) is 4.89. The summed E-state index contributed by atoms with van der Waals surface area (Å²) < 4.78 is 0. The van der Waals surface area contributed by atoms with Gasteiger partial charge in [0, 0.05) is 6.54 Å². The second kappa shape index (κ2) is 10.7. The van der Waals surface area contributed by atoms with E-state index in [2.05, 4.69) is 52.7 Å². The third-order valence-corrected chi connectivity index (χ3v) is 6.98. The highest BCUT2D eigenvalue weighted by atomic mass is 15.2. The summed E-state index contributed by atoms with van der Waals surface area (Å²) in [5.41, 5.74) is 8.01. The SMILES string of the molecule is C=CNc1c(CNN)ncnc1C(=C)NCC12CCC(C(=C)CC)(CC1)CC2.CC. The van der Waals surface area contributed by atoms with Gasteiger partial charge in [-0.05, 0) is 62.0 Å². The van der Waals surface area contributed by atoms with Gasteiger partial charge in [-0.2, -0.15) is 0 Å². The molecule has 6 nitrogen and oxygen atoms in total. The Morgan fingerprint density at radius 1 is 1.13 bits per heavy atom. The average molecular weight is 413 g/mol. The van der Waals surface area contributed by atoms with Gasteiger partial charge in [0.15, 0.2) is 0 Å².